The molecule has 0 radical (unpaired) electrons. The first kappa shape index (κ1) is 18.2. The Balaban J connectivity index is 2.06. The molecule has 1 saturated carbocycles. The van der Waals surface area contributed by atoms with Crippen LogP contribution in [0.4, 0.5) is 0 Å². The molecule has 0 heterocycles. The monoisotopic (exact) mass is 352 g/mol. The van der Waals surface area contributed by atoms with E-state index in [1.807, 2.05) is 42.5 Å². The molecule has 26 heavy (non-hydrogen) atoms. The van der Waals surface area contributed by atoms with Crippen molar-refractivity contribution in [3.05, 3.63) is 59.2 Å². The summed E-state index contributed by atoms with van der Waals surface area (Å²) in [7, 11) is 0. The Morgan fingerprint density at radius 3 is 2.38 bits per heavy atom. The summed E-state index contributed by atoms with van der Waals surface area (Å²) in [5.41, 5.74) is 1.09. The molecule has 0 saturated heterocycles. The molecule has 1 aliphatic rings. The molecule has 1 aliphatic carbocycles. The van der Waals surface area contributed by atoms with Crippen molar-refractivity contribution in [3.63, 3.8) is 0 Å². The number of carbonyl (C=O) groups excluding carboxylic acids is 1. The number of aliphatic hydroxyl groups is 1. The van der Waals surface area contributed by atoms with Gasteiger partial charge in [0.25, 0.3) is 0 Å². The lowest BCUT2D eigenvalue weighted by Gasteiger charge is -2.34. The molecule has 0 spiro atoms. The lowest BCUT2D eigenvalue weighted by atomic mass is 9.77. The summed E-state index contributed by atoms with van der Waals surface area (Å²) in [4.78, 5) is 11.3. The number of ether oxygens (including phenoxy) is 1. The third-order valence-corrected chi connectivity index (χ3v) is 4.83. The predicted molar refractivity (Wildman–Crippen MR) is 102 cm³/mol. The largest absolute Gasteiger partial charge is 0.504 e. The van der Waals surface area contributed by atoms with Gasteiger partial charge in [-0.05, 0) is 30.0 Å². The third kappa shape index (κ3) is 3.97. The van der Waals surface area contributed by atoms with Crippen LogP contribution >= 0.6 is 0 Å². The molecule has 4 nitrogen and oxygen atoms in total. The molecule has 2 N–H and O–H groups in total. The number of hydrogen-bond acceptors (Lipinski definition) is 4. The first-order valence-corrected chi connectivity index (χ1v) is 9.00. The number of phenols is 1. The molecule has 0 bridgehead atoms. The zero-order chi connectivity index (χ0) is 18.6. The van der Waals surface area contributed by atoms with E-state index in [9.17, 15) is 15.0 Å². The van der Waals surface area contributed by atoms with Crippen LogP contribution in [0.2, 0.25) is 0 Å². The Morgan fingerprint density at radius 1 is 1.04 bits per heavy atom. The van der Waals surface area contributed by atoms with Gasteiger partial charge in [-0.25, -0.2) is 0 Å². The highest BCUT2D eigenvalue weighted by Gasteiger charge is 2.36. The second-order valence-corrected chi connectivity index (χ2v) is 6.81. The van der Waals surface area contributed by atoms with E-state index in [0.717, 1.165) is 30.4 Å². The molecule has 0 aromatic heterocycles. The van der Waals surface area contributed by atoms with Gasteiger partial charge in [0.2, 0.25) is 0 Å². The van der Waals surface area contributed by atoms with Crippen molar-refractivity contribution in [1.29, 1.82) is 0 Å². The molecular formula is C22H24O4. The van der Waals surface area contributed by atoms with Crippen molar-refractivity contribution < 1.29 is 19.7 Å². The van der Waals surface area contributed by atoms with E-state index in [-0.39, 0.29) is 11.5 Å². The molecule has 0 atom stereocenters. The summed E-state index contributed by atoms with van der Waals surface area (Å²) in [6.07, 6.45) is 7.85. The summed E-state index contributed by atoms with van der Waals surface area (Å²) in [6, 6.07) is 13.2. The Bertz CT molecular complexity index is 802. The minimum absolute atomic E-state index is 0.0864. The number of aromatic hydroxyl groups is 1. The average Bonchev–Trinajstić information content (AvgIpc) is 2.63. The highest BCUT2D eigenvalue weighted by molar-refractivity contribution is 5.76. The highest BCUT2D eigenvalue weighted by atomic mass is 16.5. The van der Waals surface area contributed by atoms with Crippen LogP contribution in [-0.2, 0) is 10.4 Å². The standard InChI is InChI=1S/C22H24O4/c1-16(23)26-19-13-12-18(11-10-17-8-4-2-5-9-17)20(21(19)24)22(25)14-6-3-7-15-22/h2,4-5,8-13,24-25H,3,6-7,14-15H2,1H3. The van der Waals surface area contributed by atoms with Crippen molar-refractivity contribution in [2.75, 3.05) is 0 Å². The van der Waals surface area contributed by atoms with Gasteiger partial charge in [0, 0.05) is 12.5 Å². The van der Waals surface area contributed by atoms with Gasteiger partial charge in [-0.3, -0.25) is 4.79 Å². The summed E-state index contributed by atoms with van der Waals surface area (Å²) in [6.45, 7) is 1.29. The van der Waals surface area contributed by atoms with Gasteiger partial charge in [0.05, 0.1) is 5.60 Å². The predicted octanol–water partition coefficient (Wildman–Crippen LogP) is 4.64. The number of benzene rings is 2. The van der Waals surface area contributed by atoms with Crippen LogP contribution in [0.1, 0.15) is 55.7 Å². The number of esters is 1. The van der Waals surface area contributed by atoms with Crippen molar-refractivity contribution in [2.45, 2.75) is 44.6 Å². The molecular weight excluding hydrogens is 328 g/mol. The summed E-state index contributed by atoms with van der Waals surface area (Å²) in [5.74, 6) is -0.572. The van der Waals surface area contributed by atoms with Crippen LogP contribution < -0.4 is 4.74 Å². The SMILES string of the molecule is CC(=O)Oc1ccc(C=Cc2ccccc2)c(C2(O)CCCCC2)c1O. The van der Waals surface area contributed by atoms with Crippen molar-refractivity contribution >= 4 is 18.1 Å². The maximum absolute atomic E-state index is 11.3. The van der Waals surface area contributed by atoms with E-state index in [1.165, 1.54) is 6.92 Å². The number of carbonyl (C=O) groups is 1. The quantitative estimate of drug-likeness (QED) is 0.478. The number of phenolic OH excluding ortho intramolecular Hbond substituents is 1. The molecule has 0 unspecified atom stereocenters. The van der Waals surface area contributed by atoms with Gasteiger partial charge in [-0.2, -0.15) is 0 Å². The number of rotatable bonds is 4. The van der Waals surface area contributed by atoms with Crippen LogP contribution in [0.25, 0.3) is 12.2 Å². The number of hydrogen-bond donors (Lipinski definition) is 2. The van der Waals surface area contributed by atoms with Crippen LogP contribution in [-0.4, -0.2) is 16.2 Å². The minimum Gasteiger partial charge on any atom is -0.504 e. The Kier molecular flexibility index (Phi) is 5.43. The minimum atomic E-state index is -1.12. The molecule has 2 aromatic carbocycles. The van der Waals surface area contributed by atoms with Crippen molar-refractivity contribution in [1.82, 2.24) is 0 Å². The average molecular weight is 352 g/mol. The molecule has 2 aromatic rings. The van der Waals surface area contributed by atoms with E-state index in [4.69, 9.17) is 4.74 Å². The van der Waals surface area contributed by atoms with Crippen LogP contribution in [0, 0.1) is 0 Å². The summed E-state index contributed by atoms with van der Waals surface area (Å²) >= 11 is 0. The van der Waals surface area contributed by atoms with Gasteiger partial charge in [-0.15, -0.1) is 0 Å². The zero-order valence-corrected chi connectivity index (χ0v) is 14.9. The summed E-state index contributed by atoms with van der Waals surface area (Å²) in [5, 5.41) is 22.0. The van der Waals surface area contributed by atoms with E-state index in [1.54, 1.807) is 12.1 Å². The van der Waals surface area contributed by atoms with Crippen molar-refractivity contribution in [3.8, 4) is 11.5 Å². The lowest BCUT2D eigenvalue weighted by molar-refractivity contribution is -0.132. The highest BCUT2D eigenvalue weighted by Crippen LogP contribution is 2.46. The Hall–Kier alpha value is -2.59. The third-order valence-electron chi connectivity index (χ3n) is 4.83. The maximum Gasteiger partial charge on any atom is 0.308 e. The van der Waals surface area contributed by atoms with E-state index in [2.05, 4.69) is 0 Å². The second-order valence-electron chi connectivity index (χ2n) is 6.81. The van der Waals surface area contributed by atoms with E-state index >= 15 is 0 Å². The van der Waals surface area contributed by atoms with Crippen LogP contribution in [0.3, 0.4) is 0 Å². The molecule has 0 amide bonds. The fraction of sp³-hybridized carbons (Fsp3) is 0.318. The first-order valence-electron chi connectivity index (χ1n) is 9.00. The van der Waals surface area contributed by atoms with E-state index < -0.39 is 11.6 Å². The fourth-order valence-corrected chi connectivity index (χ4v) is 3.59. The molecule has 1 fully saturated rings. The van der Waals surface area contributed by atoms with Gasteiger partial charge < -0.3 is 14.9 Å². The molecule has 4 heteroatoms. The zero-order valence-electron chi connectivity index (χ0n) is 14.9. The van der Waals surface area contributed by atoms with E-state index in [0.29, 0.717) is 18.4 Å². The Labute approximate surface area is 153 Å². The lowest BCUT2D eigenvalue weighted by Crippen LogP contribution is -2.29. The van der Waals surface area contributed by atoms with Gasteiger partial charge in [0.15, 0.2) is 11.5 Å². The maximum atomic E-state index is 11.3. The second kappa shape index (κ2) is 7.75. The van der Waals surface area contributed by atoms with Crippen molar-refractivity contribution in [2.24, 2.45) is 0 Å². The van der Waals surface area contributed by atoms with Crippen LogP contribution in [0.15, 0.2) is 42.5 Å². The Morgan fingerprint density at radius 2 is 1.73 bits per heavy atom. The fourth-order valence-electron chi connectivity index (χ4n) is 3.59. The smallest absolute Gasteiger partial charge is 0.308 e. The van der Waals surface area contributed by atoms with Crippen LogP contribution in [0.5, 0.6) is 11.5 Å². The van der Waals surface area contributed by atoms with Gasteiger partial charge in [-0.1, -0.05) is 67.8 Å². The van der Waals surface area contributed by atoms with Gasteiger partial charge in [0.1, 0.15) is 0 Å². The first-order chi connectivity index (χ1) is 12.5. The van der Waals surface area contributed by atoms with Gasteiger partial charge >= 0.3 is 5.97 Å². The topological polar surface area (TPSA) is 66.8 Å². The summed E-state index contributed by atoms with van der Waals surface area (Å²) < 4.78 is 5.12. The molecule has 136 valence electrons. The normalized spacial score (nSPS) is 16.5. The molecule has 0 aliphatic heterocycles. The molecule has 3 rings (SSSR count).